The molecule has 2 aromatic rings. The number of benzene rings is 1. The van der Waals surface area contributed by atoms with Gasteiger partial charge in [0.25, 0.3) is 0 Å². The van der Waals surface area contributed by atoms with E-state index in [9.17, 15) is 14.0 Å². The highest BCUT2D eigenvalue weighted by Gasteiger charge is 2.33. The number of hydrogen-bond acceptors (Lipinski definition) is 5. The first-order chi connectivity index (χ1) is 15.4. The summed E-state index contributed by atoms with van der Waals surface area (Å²) in [5, 5.41) is 4.85. The van der Waals surface area contributed by atoms with Gasteiger partial charge in [0.05, 0.1) is 12.6 Å². The minimum absolute atomic E-state index is 0.0431. The molecule has 7 nitrogen and oxygen atoms in total. The summed E-state index contributed by atoms with van der Waals surface area (Å²) in [6.45, 7) is 5.07. The van der Waals surface area contributed by atoms with Crippen LogP contribution in [0.1, 0.15) is 30.3 Å². The van der Waals surface area contributed by atoms with E-state index in [4.69, 9.17) is 9.47 Å². The van der Waals surface area contributed by atoms with Crippen molar-refractivity contribution >= 4 is 23.3 Å². The number of carbonyl (C=O) groups excluding carboxylic acids is 2. The second kappa shape index (κ2) is 11.3. The summed E-state index contributed by atoms with van der Waals surface area (Å²) in [6.07, 6.45) is 0.755. The van der Waals surface area contributed by atoms with E-state index in [-0.39, 0.29) is 43.0 Å². The first-order valence-corrected chi connectivity index (χ1v) is 11.6. The molecule has 1 aromatic heterocycles. The molecule has 174 valence electrons. The second-order valence-electron chi connectivity index (χ2n) is 7.94. The third kappa shape index (κ3) is 6.20. The van der Waals surface area contributed by atoms with Gasteiger partial charge in [-0.1, -0.05) is 6.07 Å². The van der Waals surface area contributed by atoms with Gasteiger partial charge in [-0.2, -0.15) is 0 Å². The first kappa shape index (κ1) is 24.0. The molecular weight excluding hydrogens is 433 g/mol. The van der Waals surface area contributed by atoms with Crippen LogP contribution in [0.3, 0.4) is 0 Å². The lowest BCUT2D eigenvalue weighted by atomic mass is 10.0. The third-order valence-corrected chi connectivity index (χ3v) is 6.21. The Hall–Kier alpha value is -2.65. The summed E-state index contributed by atoms with van der Waals surface area (Å²) in [5.41, 5.74) is 1.04. The Morgan fingerprint density at radius 3 is 2.88 bits per heavy atom. The maximum absolute atomic E-state index is 13.5. The van der Waals surface area contributed by atoms with Gasteiger partial charge in [-0.15, -0.1) is 11.3 Å². The molecule has 32 heavy (non-hydrogen) atoms. The smallest absolute Gasteiger partial charge is 0.318 e. The highest BCUT2D eigenvalue weighted by Crippen LogP contribution is 2.34. The molecule has 0 aliphatic carbocycles. The van der Waals surface area contributed by atoms with Gasteiger partial charge in [0.2, 0.25) is 5.91 Å². The van der Waals surface area contributed by atoms with Crippen molar-refractivity contribution in [3.8, 4) is 5.75 Å². The molecule has 0 saturated carbocycles. The number of hydrogen-bond donors (Lipinski definition) is 1. The zero-order valence-corrected chi connectivity index (χ0v) is 19.5. The van der Waals surface area contributed by atoms with E-state index in [0.29, 0.717) is 25.4 Å². The van der Waals surface area contributed by atoms with Crippen LogP contribution in [0.4, 0.5) is 9.18 Å². The maximum atomic E-state index is 13.5. The predicted octanol–water partition coefficient (Wildman–Crippen LogP) is 3.46. The van der Waals surface area contributed by atoms with Gasteiger partial charge in [0, 0.05) is 37.2 Å². The minimum atomic E-state index is -0.375. The molecule has 9 heteroatoms. The van der Waals surface area contributed by atoms with E-state index in [1.165, 1.54) is 21.9 Å². The van der Waals surface area contributed by atoms with E-state index in [1.54, 1.807) is 35.5 Å². The summed E-state index contributed by atoms with van der Waals surface area (Å²) >= 11 is 1.66. The number of urea groups is 1. The average Bonchev–Trinajstić information content (AvgIpc) is 3.23. The van der Waals surface area contributed by atoms with Gasteiger partial charge in [0.1, 0.15) is 24.7 Å². The van der Waals surface area contributed by atoms with Crippen molar-refractivity contribution < 1.29 is 23.5 Å². The predicted molar refractivity (Wildman–Crippen MR) is 121 cm³/mol. The zero-order valence-electron chi connectivity index (χ0n) is 18.7. The monoisotopic (exact) mass is 463 g/mol. The summed E-state index contributed by atoms with van der Waals surface area (Å²) in [7, 11) is 1.56. The van der Waals surface area contributed by atoms with E-state index in [1.807, 2.05) is 25.3 Å². The Kier molecular flexibility index (Phi) is 8.46. The van der Waals surface area contributed by atoms with Crippen LogP contribution in [-0.2, 0) is 16.0 Å². The molecule has 2 heterocycles. The fraction of sp³-hybridized carbons (Fsp3) is 0.478. The highest BCUT2D eigenvalue weighted by atomic mass is 32.1. The van der Waals surface area contributed by atoms with E-state index >= 15 is 0 Å². The second-order valence-corrected chi connectivity index (χ2v) is 8.94. The molecule has 1 aliphatic heterocycles. The number of nitrogens with zero attached hydrogens (tertiary/aromatic N) is 2. The molecule has 0 radical (unpaired) electrons. The van der Waals surface area contributed by atoms with Gasteiger partial charge in [-0.05, 0) is 49.4 Å². The summed E-state index contributed by atoms with van der Waals surface area (Å²) in [6, 6.07) is 7.32. The molecule has 0 saturated heterocycles. The Bertz CT molecular complexity index is 920. The Morgan fingerprint density at radius 1 is 1.34 bits per heavy atom. The standard InChI is InChI=1S/C23H30FN3O4S/c1-16(2)25-23(29)26(10-11-30-3)14-22(28)27-9-7-21-19(8-12-32-21)20(27)15-31-18-6-4-5-17(24)13-18/h4-6,8,12-13,16,20H,7,9-11,14-15H2,1-3H3,(H,25,29). The van der Waals surface area contributed by atoms with Crippen molar-refractivity contribution in [1.82, 2.24) is 15.1 Å². The Labute approximate surface area is 192 Å². The van der Waals surface area contributed by atoms with Crippen molar-refractivity contribution in [2.75, 3.05) is 40.0 Å². The lowest BCUT2D eigenvalue weighted by molar-refractivity contribution is -0.135. The topological polar surface area (TPSA) is 71.1 Å². The van der Waals surface area contributed by atoms with Crippen LogP contribution in [0.15, 0.2) is 35.7 Å². The Balaban J connectivity index is 1.75. The van der Waals surface area contributed by atoms with E-state index in [0.717, 1.165) is 12.0 Å². The quantitative estimate of drug-likeness (QED) is 0.618. The third-order valence-electron chi connectivity index (χ3n) is 5.21. The molecule has 0 fully saturated rings. The number of amides is 3. The van der Waals surface area contributed by atoms with Gasteiger partial charge < -0.3 is 24.6 Å². The van der Waals surface area contributed by atoms with Gasteiger partial charge in [0.15, 0.2) is 0 Å². The molecular formula is C23H30FN3O4S. The molecule has 0 bridgehead atoms. The largest absolute Gasteiger partial charge is 0.491 e. The Morgan fingerprint density at radius 2 is 2.16 bits per heavy atom. The number of halogens is 1. The molecule has 1 unspecified atom stereocenters. The maximum Gasteiger partial charge on any atom is 0.318 e. The lowest BCUT2D eigenvalue weighted by Gasteiger charge is -2.37. The van der Waals surface area contributed by atoms with Crippen LogP contribution in [-0.4, -0.2) is 67.7 Å². The van der Waals surface area contributed by atoms with Gasteiger partial charge >= 0.3 is 6.03 Å². The summed E-state index contributed by atoms with van der Waals surface area (Å²) < 4.78 is 24.5. The average molecular weight is 464 g/mol. The first-order valence-electron chi connectivity index (χ1n) is 10.7. The van der Waals surface area contributed by atoms with Crippen LogP contribution in [0, 0.1) is 5.82 Å². The lowest BCUT2D eigenvalue weighted by Crippen LogP contribution is -2.51. The number of nitrogens with one attached hydrogen (secondary N) is 1. The van der Waals surface area contributed by atoms with Gasteiger partial charge in [-0.25, -0.2) is 9.18 Å². The number of methoxy groups -OCH3 is 1. The number of ether oxygens (including phenoxy) is 2. The van der Waals surface area contributed by atoms with Crippen LogP contribution in [0.2, 0.25) is 0 Å². The zero-order chi connectivity index (χ0) is 23.1. The van der Waals surface area contributed by atoms with Crippen LogP contribution in [0.25, 0.3) is 0 Å². The molecule has 1 N–H and O–H groups in total. The van der Waals surface area contributed by atoms with Crippen molar-refractivity contribution in [3.05, 3.63) is 52.0 Å². The van der Waals surface area contributed by atoms with Crippen LogP contribution in [0.5, 0.6) is 5.75 Å². The number of carbonyl (C=O) groups is 2. The van der Waals surface area contributed by atoms with Crippen molar-refractivity contribution in [3.63, 3.8) is 0 Å². The SMILES string of the molecule is COCCN(CC(=O)N1CCc2sccc2C1COc1cccc(F)c1)C(=O)NC(C)C. The van der Waals surface area contributed by atoms with Crippen LogP contribution >= 0.6 is 11.3 Å². The molecule has 1 aromatic carbocycles. The molecule has 0 spiro atoms. The molecule has 3 rings (SSSR count). The van der Waals surface area contributed by atoms with Crippen molar-refractivity contribution in [2.24, 2.45) is 0 Å². The van der Waals surface area contributed by atoms with Crippen molar-refractivity contribution in [1.29, 1.82) is 0 Å². The fourth-order valence-corrected chi connectivity index (χ4v) is 4.58. The molecule has 3 amide bonds. The number of fused-ring (bicyclic) bond motifs is 1. The molecule has 1 aliphatic rings. The van der Waals surface area contributed by atoms with E-state index < -0.39 is 0 Å². The highest BCUT2D eigenvalue weighted by molar-refractivity contribution is 7.10. The number of thiophene rings is 1. The molecule has 1 atom stereocenters. The summed E-state index contributed by atoms with van der Waals surface area (Å²) in [5.74, 6) is -0.122. The van der Waals surface area contributed by atoms with Gasteiger partial charge in [-0.3, -0.25) is 4.79 Å². The minimum Gasteiger partial charge on any atom is -0.491 e. The fourth-order valence-electron chi connectivity index (χ4n) is 3.65. The van der Waals surface area contributed by atoms with Crippen LogP contribution < -0.4 is 10.1 Å². The number of rotatable bonds is 9. The van der Waals surface area contributed by atoms with E-state index in [2.05, 4.69) is 5.32 Å². The van der Waals surface area contributed by atoms with Crippen molar-refractivity contribution in [2.45, 2.75) is 32.4 Å². The normalized spacial score (nSPS) is 15.4. The summed E-state index contributed by atoms with van der Waals surface area (Å²) in [4.78, 5) is 30.4.